The number of hydrogen-bond acceptors (Lipinski definition) is 3. The number of rotatable bonds is 7. The van der Waals surface area contributed by atoms with Crippen LogP contribution >= 0.6 is 0 Å². The largest absolute Gasteiger partial charge is 0.356 e. The van der Waals surface area contributed by atoms with E-state index < -0.39 is 10.0 Å². The van der Waals surface area contributed by atoms with Gasteiger partial charge >= 0.3 is 0 Å². The molecule has 26 heavy (non-hydrogen) atoms. The minimum Gasteiger partial charge on any atom is -0.356 e. The molecule has 0 aliphatic rings. The molecular formula is C18H23FN4O2S. The summed E-state index contributed by atoms with van der Waals surface area (Å²) < 4.78 is 39.3. The van der Waals surface area contributed by atoms with Crippen LogP contribution < -0.4 is 15.4 Å². The van der Waals surface area contributed by atoms with Gasteiger partial charge in [-0.1, -0.05) is 30.3 Å². The van der Waals surface area contributed by atoms with Crippen LogP contribution in [0.15, 0.2) is 58.4 Å². The molecule has 0 saturated heterocycles. The summed E-state index contributed by atoms with van der Waals surface area (Å²) in [5.41, 5.74) is 1.56. The van der Waals surface area contributed by atoms with Crippen LogP contribution in [0.5, 0.6) is 0 Å². The van der Waals surface area contributed by atoms with Crippen LogP contribution in [0.4, 0.5) is 4.39 Å². The van der Waals surface area contributed by atoms with Crippen molar-refractivity contribution >= 4 is 16.0 Å². The maximum absolute atomic E-state index is 13.6. The number of hydrogen-bond donors (Lipinski definition) is 3. The van der Waals surface area contributed by atoms with E-state index >= 15 is 0 Å². The lowest BCUT2D eigenvalue weighted by Crippen LogP contribution is -2.37. The Hall–Kier alpha value is -2.45. The molecule has 140 valence electrons. The predicted octanol–water partition coefficient (Wildman–Crippen LogP) is 1.64. The van der Waals surface area contributed by atoms with E-state index in [9.17, 15) is 12.8 Å². The van der Waals surface area contributed by atoms with Crippen LogP contribution in [-0.2, 0) is 23.0 Å². The third-order valence-corrected chi connectivity index (χ3v) is 5.26. The minimum absolute atomic E-state index is 0.214. The van der Waals surface area contributed by atoms with Crippen molar-refractivity contribution in [2.24, 2.45) is 4.99 Å². The standard InChI is InChI=1S/C18H23FN4O2S/c1-20-18(22-12-11-15-5-3-4-6-17(15)19)23-13-14-7-9-16(10-8-14)26(24,25)21-2/h3-10,21H,11-13H2,1-2H3,(H2,20,22,23). The van der Waals surface area contributed by atoms with Gasteiger partial charge in [0.15, 0.2) is 5.96 Å². The van der Waals surface area contributed by atoms with Gasteiger partial charge in [0.2, 0.25) is 10.0 Å². The minimum atomic E-state index is -3.43. The Morgan fingerprint density at radius 2 is 1.77 bits per heavy atom. The molecule has 2 aromatic carbocycles. The van der Waals surface area contributed by atoms with Gasteiger partial charge in [-0.25, -0.2) is 17.5 Å². The third-order valence-electron chi connectivity index (χ3n) is 3.83. The Labute approximate surface area is 153 Å². The van der Waals surface area contributed by atoms with Crippen molar-refractivity contribution in [2.45, 2.75) is 17.9 Å². The second-order valence-electron chi connectivity index (χ2n) is 5.55. The Morgan fingerprint density at radius 3 is 2.38 bits per heavy atom. The summed E-state index contributed by atoms with van der Waals surface area (Å²) in [6.07, 6.45) is 0.546. The first-order valence-electron chi connectivity index (χ1n) is 8.16. The number of aliphatic imine (C=N–C) groups is 1. The molecule has 0 aromatic heterocycles. The molecule has 6 nitrogen and oxygen atoms in total. The lowest BCUT2D eigenvalue weighted by molar-refractivity contribution is 0.588. The van der Waals surface area contributed by atoms with Gasteiger partial charge < -0.3 is 10.6 Å². The first-order chi connectivity index (χ1) is 12.5. The van der Waals surface area contributed by atoms with E-state index in [1.165, 1.54) is 13.1 Å². The number of sulfonamides is 1. The van der Waals surface area contributed by atoms with E-state index in [0.717, 1.165) is 5.56 Å². The molecule has 0 bridgehead atoms. The van der Waals surface area contributed by atoms with Gasteiger partial charge in [0.25, 0.3) is 0 Å². The number of guanidine groups is 1. The monoisotopic (exact) mass is 378 g/mol. The Kier molecular flexibility index (Phi) is 7.11. The van der Waals surface area contributed by atoms with E-state index in [1.807, 2.05) is 6.07 Å². The molecule has 0 unspecified atom stereocenters. The quantitative estimate of drug-likeness (QED) is 0.505. The number of halogens is 1. The molecule has 0 saturated carbocycles. The highest BCUT2D eigenvalue weighted by Gasteiger charge is 2.10. The number of benzene rings is 2. The summed E-state index contributed by atoms with van der Waals surface area (Å²) in [5.74, 6) is 0.377. The molecule has 0 amide bonds. The van der Waals surface area contributed by atoms with E-state index in [-0.39, 0.29) is 10.7 Å². The van der Waals surface area contributed by atoms with Crippen molar-refractivity contribution in [1.29, 1.82) is 0 Å². The first kappa shape index (κ1) is 19.9. The topological polar surface area (TPSA) is 82.6 Å². The van der Waals surface area contributed by atoms with Gasteiger partial charge in [0.05, 0.1) is 4.90 Å². The van der Waals surface area contributed by atoms with Gasteiger partial charge in [-0.2, -0.15) is 0 Å². The van der Waals surface area contributed by atoms with Gasteiger partial charge in [-0.05, 0) is 42.8 Å². The molecule has 3 N–H and O–H groups in total. The van der Waals surface area contributed by atoms with Crippen molar-refractivity contribution in [1.82, 2.24) is 15.4 Å². The van der Waals surface area contributed by atoms with Crippen molar-refractivity contribution < 1.29 is 12.8 Å². The second kappa shape index (κ2) is 9.30. The SMILES string of the molecule is CN=C(NCCc1ccccc1F)NCc1ccc(S(=O)(=O)NC)cc1. The summed E-state index contributed by atoms with van der Waals surface area (Å²) in [6, 6.07) is 13.3. The summed E-state index contributed by atoms with van der Waals surface area (Å²) in [7, 11) is -0.399. The van der Waals surface area contributed by atoms with Crippen molar-refractivity contribution in [3.05, 3.63) is 65.5 Å². The smallest absolute Gasteiger partial charge is 0.240 e. The van der Waals surface area contributed by atoms with Crippen LogP contribution in [0.3, 0.4) is 0 Å². The first-order valence-corrected chi connectivity index (χ1v) is 9.65. The summed E-state index contributed by atoms with van der Waals surface area (Å²) in [4.78, 5) is 4.34. The van der Waals surface area contributed by atoms with Gasteiger partial charge in [-0.15, -0.1) is 0 Å². The van der Waals surface area contributed by atoms with Gasteiger partial charge in [0, 0.05) is 20.1 Å². The lowest BCUT2D eigenvalue weighted by atomic mass is 10.1. The highest BCUT2D eigenvalue weighted by molar-refractivity contribution is 7.89. The van der Waals surface area contributed by atoms with E-state index in [1.54, 1.807) is 43.4 Å². The van der Waals surface area contributed by atoms with Crippen molar-refractivity contribution in [3.63, 3.8) is 0 Å². The predicted molar refractivity (Wildman–Crippen MR) is 101 cm³/mol. The molecule has 2 rings (SSSR count). The molecule has 0 radical (unpaired) electrons. The number of nitrogens with one attached hydrogen (secondary N) is 3. The van der Waals surface area contributed by atoms with E-state index in [4.69, 9.17) is 0 Å². The van der Waals surface area contributed by atoms with Crippen LogP contribution in [0.1, 0.15) is 11.1 Å². The zero-order valence-corrected chi connectivity index (χ0v) is 15.6. The third kappa shape index (κ3) is 5.53. The molecule has 2 aromatic rings. The lowest BCUT2D eigenvalue weighted by Gasteiger charge is -2.12. The Morgan fingerprint density at radius 1 is 1.08 bits per heavy atom. The maximum atomic E-state index is 13.6. The van der Waals surface area contributed by atoms with Crippen LogP contribution in [0, 0.1) is 5.82 Å². The highest BCUT2D eigenvalue weighted by atomic mass is 32.2. The highest BCUT2D eigenvalue weighted by Crippen LogP contribution is 2.10. The zero-order valence-electron chi connectivity index (χ0n) is 14.8. The molecule has 0 aliphatic heterocycles. The second-order valence-corrected chi connectivity index (χ2v) is 7.43. The number of nitrogens with zero attached hydrogens (tertiary/aromatic N) is 1. The van der Waals surface area contributed by atoms with E-state index in [2.05, 4.69) is 20.3 Å². The van der Waals surface area contributed by atoms with Crippen LogP contribution in [0.2, 0.25) is 0 Å². The Bertz CT molecular complexity index is 852. The molecule has 0 atom stereocenters. The fraction of sp³-hybridized carbons (Fsp3) is 0.278. The maximum Gasteiger partial charge on any atom is 0.240 e. The fourth-order valence-electron chi connectivity index (χ4n) is 2.33. The van der Waals surface area contributed by atoms with Gasteiger partial charge in [-0.3, -0.25) is 4.99 Å². The van der Waals surface area contributed by atoms with Crippen LogP contribution in [0.25, 0.3) is 0 Å². The van der Waals surface area contributed by atoms with Gasteiger partial charge in [0.1, 0.15) is 5.82 Å². The van der Waals surface area contributed by atoms with Crippen molar-refractivity contribution in [3.8, 4) is 0 Å². The molecule has 0 fully saturated rings. The molecule has 0 heterocycles. The zero-order chi connectivity index (χ0) is 19.0. The molecule has 0 aliphatic carbocycles. The molecular weight excluding hydrogens is 355 g/mol. The Balaban J connectivity index is 1.84. The molecule has 0 spiro atoms. The average Bonchev–Trinajstić information content (AvgIpc) is 2.66. The average molecular weight is 378 g/mol. The van der Waals surface area contributed by atoms with E-state index in [0.29, 0.717) is 31.0 Å². The molecule has 8 heteroatoms. The van der Waals surface area contributed by atoms with Crippen molar-refractivity contribution in [2.75, 3.05) is 20.6 Å². The normalized spacial score (nSPS) is 12.0. The van der Waals surface area contributed by atoms with Crippen LogP contribution in [-0.4, -0.2) is 35.0 Å². The summed E-state index contributed by atoms with van der Waals surface area (Å²) >= 11 is 0. The summed E-state index contributed by atoms with van der Waals surface area (Å²) in [6.45, 7) is 1.03. The summed E-state index contributed by atoms with van der Waals surface area (Å²) in [5, 5.41) is 6.27. The fourth-order valence-corrected chi connectivity index (χ4v) is 3.06.